The molecule has 30 heavy (non-hydrogen) atoms. The predicted molar refractivity (Wildman–Crippen MR) is 109 cm³/mol. The second-order valence-electron chi connectivity index (χ2n) is 7.12. The van der Waals surface area contributed by atoms with Crippen molar-refractivity contribution >= 4 is 11.8 Å². The van der Waals surface area contributed by atoms with Crippen molar-refractivity contribution in [3.05, 3.63) is 48.2 Å². The Morgan fingerprint density at radius 3 is 2.67 bits per heavy atom. The van der Waals surface area contributed by atoms with E-state index in [0.29, 0.717) is 6.54 Å². The second kappa shape index (κ2) is 10.1. The molecular formula is C21H26F2N4O3. The molecule has 1 aromatic heterocycles. The third-order valence-electron chi connectivity index (χ3n) is 5.01. The standard InChI is InChI=1S/C21H26F2N4O3/c1-26(14-15-6-7-17(30-20(22)23)18(13-15)29-2)21(28)25-16-8-11-27(12-9-16)19-5-3-4-10-24-19/h3-7,10,13,16,20H,8-9,11-12,14H2,1-2H3,(H,25,28). The number of carbonyl (C=O) groups excluding carboxylic acids is 1. The Balaban J connectivity index is 1.50. The largest absolute Gasteiger partial charge is 0.493 e. The summed E-state index contributed by atoms with van der Waals surface area (Å²) in [7, 11) is 3.07. The van der Waals surface area contributed by atoms with Gasteiger partial charge in [0.05, 0.1) is 7.11 Å². The van der Waals surface area contributed by atoms with Crippen LogP contribution < -0.4 is 19.7 Å². The number of benzene rings is 1. The van der Waals surface area contributed by atoms with Gasteiger partial charge in [0.15, 0.2) is 11.5 Å². The van der Waals surface area contributed by atoms with Crippen LogP contribution in [0.4, 0.5) is 19.4 Å². The number of alkyl halides is 2. The molecule has 0 saturated carbocycles. The van der Waals surface area contributed by atoms with E-state index < -0.39 is 6.61 Å². The molecule has 2 aromatic rings. The van der Waals surface area contributed by atoms with E-state index in [9.17, 15) is 13.6 Å². The van der Waals surface area contributed by atoms with Crippen LogP contribution in [0.15, 0.2) is 42.6 Å². The van der Waals surface area contributed by atoms with Crippen LogP contribution in [0.2, 0.25) is 0 Å². The molecule has 7 nitrogen and oxygen atoms in total. The minimum absolute atomic E-state index is 0.0389. The summed E-state index contributed by atoms with van der Waals surface area (Å²) in [5, 5.41) is 3.06. The summed E-state index contributed by atoms with van der Waals surface area (Å²) in [4.78, 5) is 20.7. The number of anilines is 1. The molecule has 3 rings (SSSR count). The zero-order valence-corrected chi connectivity index (χ0v) is 17.1. The first-order chi connectivity index (χ1) is 14.5. The molecule has 1 N–H and O–H groups in total. The van der Waals surface area contributed by atoms with Crippen molar-refractivity contribution in [1.29, 1.82) is 0 Å². The molecule has 0 aliphatic carbocycles. The molecule has 0 unspecified atom stereocenters. The molecular weight excluding hydrogens is 394 g/mol. The van der Waals surface area contributed by atoms with E-state index in [-0.39, 0.29) is 23.6 Å². The van der Waals surface area contributed by atoms with Gasteiger partial charge in [0.2, 0.25) is 0 Å². The normalized spacial score (nSPS) is 14.5. The molecule has 0 spiro atoms. The Morgan fingerprint density at radius 2 is 2.03 bits per heavy atom. The zero-order valence-electron chi connectivity index (χ0n) is 17.1. The first kappa shape index (κ1) is 21.6. The summed E-state index contributed by atoms with van der Waals surface area (Å²) in [6, 6.07) is 10.4. The molecule has 9 heteroatoms. The highest BCUT2D eigenvalue weighted by molar-refractivity contribution is 5.74. The molecule has 1 fully saturated rings. The maximum Gasteiger partial charge on any atom is 0.387 e. The average Bonchev–Trinajstić information content (AvgIpc) is 2.75. The van der Waals surface area contributed by atoms with Crippen molar-refractivity contribution in [2.24, 2.45) is 0 Å². The highest BCUT2D eigenvalue weighted by atomic mass is 19.3. The van der Waals surface area contributed by atoms with E-state index in [2.05, 4.69) is 19.9 Å². The predicted octanol–water partition coefficient (Wildman–Crippen LogP) is 3.50. The molecule has 162 valence electrons. The van der Waals surface area contributed by atoms with E-state index in [0.717, 1.165) is 37.3 Å². The number of rotatable bonds is 7. The number of aromatic nitrogens is 1. The number of hydrogen-bond donors (Lipinski definition) is 1. The Kier molecular flexibility index (Phi) is 7.26. The molecule has 0 atom stereocenters. The molecule has 0 radical (unpaired) electrons. The topological polar surface area (TPSA) is 66.9 Å². The fourth-order valence-corrected chi connectivity index (χ4v) is 3.43. The van der Waals surface area contributed by atoms with Gasteiger partial charge in [-0.25, -0.2) is 9.78 Å². The van der Waals surface area contributed by atoms with E-state index >= 15 is 0 Å². The van der Waals surface area contributed by atoms with Crippen molar-refractivity contribution in [3.63, 3.8) is 0 Å². The van der Waals surface area contributed by atoms with Gasteiger partial charge in [-0.1, -0.05) is 12.1 Å². The number of piperidine rings is 1. The Labute approximate surface area is 174 Å². The number of hydrogen-bond acceptors (Lipinski definition) is 5. The van der Waals surface area contributed by atoms with Gasteiger partial charge in [0.25, 0.3) is 0 Å². The molecule has 1 aliphatic heterocycles. The van der Waals surface area contributed by atoms with Crippen molar-refractivity contribution < 1.29 is 23.0 Å². The van der Waals surface area contributed by atoms with Gasteiger partial charge in [-0.15, -0.1) is 0 Å². The summed E-state index contributed by atoms with van der Waals surface area (Å²) in [5.41, 5.74) is 0.746. The van der Waals surface area contributed by atoms with E-state index in [1.54, 1.807) is 30.3 Å². The highest BCUT2D eigenvalue weighted by Gasteiger charge is 2.23. The minimum atomic E-state index is -2.93. The molecule has 1 aliphatic rings. The lowest BCUT2D eigenvalue weighted by Gasteiger charge is -2.34. The molecule has 2 amide bonds. The lowest BCUT2D eigenvalue weighted by Crippen LogP contribution is -2.48. The van der Waals surface area contributed by atoms with Gasteiger partial charge in [0, 0.05) is 38.9 Å². The zero-order chi connectivity index (χ0) is 21.5. The van der Waals surface area contributed by atoms with Gasteiger partial charge >= 0.3 is 12.6 Å². The second-order valence-corrected chi connectivity index (χ2v) is 7.12. The minimum Gasteiger partial charge on any atom is -0.493 e. The van der Waals surface area contributed by atoms with Crippen molar-refractivity contribution in [3.8, 4) is 11.5 Å². The summed E-state index contributed by atoms with van der Waals surface area (Å²) < 4.78 is 34.4. The van der Waals surface area contributed by atoms with Crippen LogP contribution in [0.5, 0.6) is 11.5 Å². The number of carbonyl (C=O) groups is 1. The fraction of sp³-hybridized carbons (Fsp3) is 0.429. The lowest BCUT2D eigenvalue weighted by atomic mass is 10.1. The van der Waals surface area contributed by atoms with E-state index in [1.807, 2.05) is 18.2 Å². The van der Waals surface area contributed by atoms with Crippen LogP contribution in [0.25, 0.3) is 0 Å². The van der Waals surface area contributed by atoms with Crippen LogP contribution in [-0.4, -0.2) is 55.8 Å². The van der Waals surface area contributed by atoms with Crippen LogP contribution in [0, 0.1) is 0 Å². The van der Waals surface area contributed by atoms with Crippen molar-refractivity contribution in [2.75, 3.05) is 32.1 Å². The fourth-order valence-electron chi connectivity index (χ4n) is 3.43. The smallest absolute Gasteiger partial charge is 0.387 e. The maximum absolute atomic E-state index is 12.6. The number of methoxy groups -OCH3 is 1. The van der Waals surface area contributed by atoms with Gasteiger partial charge in [-0.3, -0.25) is 0 Å². The Morgan fingerprint density at radius 1 is 1.27 bits per heavy atom. The number of nitrogens with one attached hydrogen (secondary N) is 1. The molecule has 1 saturated heterocycles. The third kappa shape index (κ3) is 5.71. The molecule has 0 bridgehead atoms. The third-order valence-corrected chi connectivity index (χ3v) is 5.01. The number of urea groups is 1. The quantitative estimate of drug-likeness (QED) is 0.743. The van der Waals surface area contributed by atoms with Crippen molar-refractivity contribution in [1.82, 2.24) is 15.2 Å². The van der Waals surface area contributed by atoms with Gasteiger partial charge in [0.1, 0.15) is 5.82 Å². The van der Waals surface area contributed by atoms with E-state index in [4.69, 9.17) is 4.74 Å². The number of halogens is 2. The number of nitrogens with zero attached hydrogens (tertiary/aromatic N) is 3. The average molecular weight is 420 g/mol. The highest BCUT2D eigenvalue weighted by Crippen LogP contribution is 2.29. The first-order valence-electron chi connectivity index (χ1n) is 9.75. The first-order valence-corrected chi connectivity index (χ1v) is 9.75. The van der Waals surface area contributed by atoms with Crippen LogP contribution in [0.3, 0.4) is 0 Å². The van der Waals surface area contributed by atoms with Crippen molar-refractivity contribution in [2.45, 2.75) is 32.0 Å². The summed E-state index contributed by atoms with van der Waals surface area (Å²) >= 11 is 0. The van der Waals surface area contributed by atoms with Crippen LogP contribution in [0.1, 0.15) is 18.4 Å². The Bertz CT molecular complexity index is 830. The molecule has 1 aromatic carbocycles. The van der Waals surface area contributed by atoms with E-state index in [1.165, 1.54) is 13.2 Å². The summed E-state index contributed by atoms with van der Waals surface area (Å²) in [6.45, 7) is -0.963. The van der Waals surface area contributed by atoms with Gasteiger partial charge in [-0.2, -0.15) is 8.78 Å². The maximum atomic E-state index is 12.6. The van der Waals surface area contributed by atoms with Crippen LogP contribution in [-0.2, 0) is 6.54 Å². The van der Waals surface area contributed by atoms with Gasteiger partial charge < -0.3 is 24.6 Å². The number of pyridine rings is 1. The molecule has 2 heterocycles. The monoisotopic (exact) mass is 420 g/mol. The number of ether oxygens (including phenoxy) is 2. The SMILES string of the molecule is COc1cc(CN(C)C(=O)NC2CCN(c3ccccn3)CC2)ccc1OC(F)F. The Hall–Kier alpha value is -3.10. The summed E-state index contributed by atoms with van der Waals surface area (Å²) in [6.07, 6.45) is 3.45. The van der Waals surface area contributed by atoms with Gasteiger partial charge in [-0.05, 0) is 42.7 Å². The summed E-state index contributed by atoms with van der Waals surface area (Å²) in [5.74, 6) is 1.11. The lowest BCUT2D eigenvalue weighted by molar-refractivity contribution is -0.0512. The number of amides is 2. The van der Waals surface area contributed by atoms with Crippen LogP contribution >= 0.6 is 0 Å².